The zero-order valence-corrected chi connectivity index (χ0v) is 17.6. The Balaban J connectivity index is 1.45. The average Bonchev–Trinajstić information content (AvgIpc) is 3.20. The van der Waals surface area contributed by atoms with Crippen LogP contribution in [0.2, 0.25) is 0 Å². The Bertz CT molecular complexity index is 1170. The number of anilines is 1. The molecule has 0 unspecified atom stereocenters. The van der Waals surface area contributed by atoms with Gasteiger partial charge >= 0.3 is 0 Å². The van der Waals surface area contributed by atoms with E-state index in [-0.39, 0.29) is 10.7 Å². The second-order valence-electron chi connectivity index (χ2n) is 7.07. The van der Waals surface area contributed by atoms with E-state index in [0.717, 1.165) is 5.82 Å². The highest BCUT2D eigenvalue weighted by Gasteiger charge is 2.29. The van der Waals surface area contributed by atoms with Gasteiger partial charge in [0.2, 0.25) is 10.0 Å². The van der Waals surface area contributed by atoms with Crippen LogP contribution in [0, 0.1) is 6.92 Å². The number of aryl methyl sites for hydroxylation is 1. The summed E-state index contributed by atoms with van der Waals surface area (Å²) in [6.45, 7) is 4.98. The number of aromatic nitrogens is 4. The van der Waals surface area contributed by atoms with E-state index in [0.29, 0.717) is 43.4 Å². The summed E-state index contributed by atoms with van der Waals surface area (Å²) in [7, 11) is -3.66. The number of sulfonamides is 1. The Kier molecular flexibility index (Phi) is 5.35. The molecule has 0 radical (unpaired) electrons. The van der Waals surface area contributed by atoms with Gasteiger partial charge in [0, 0.05) is 44.1 Å². The zero-order valence-electron chi connectivity index (χ0n) is 16.8. The lowest BCUT2D eigenvalue weighted by atomic mass is 10.2. The number of nitrogens with zero attached hydrogens (tertiary/aromatic N) is 6. The van der Waals surface area contributed by atoms with Gasteiger partial charge in [-0.05, 0) is 38.1 Å². The fourth-order valence-electron chi connectivity index (χ4n) is 3.42. The SMILES string of the molecule is CC(=O)c1cccc(S(=O)(=O)N2CCN(c3ccc(-n4ccnc4C)nn3)CC2)c1. The van der Waals surface area contributed by atoms with Crippen molar-refractivity contribution in [2.24, 2.45) is 0 Å². The Morgan fingerprint density at radius 2 is 1.70 bits per heavy atom. The minimum atomic E-state index is -3.66. The third kappa shape index (κ3) is 3.83. The Morgan fingerprint density at radius 3 is 2.30 bits per heavy atom. The number of imidazole rings is 1. The molecule has 3 aromatic rings. The molecule has 10 heteroatoms. The average molecular weight is 427 g/mol. The first-order valence-corrected chi connectivity index (χ1v) is 11.0. The molecule has 1 aliphatic rings. The topological polar surface area (TPSA) is 101 Å². The van der Waals surface area contributed by atoms with Gasteiger partial charge in [0.05, 0.1) is 4.90 Å². The smallest absolute Gasteiger partial charge is 0.243 e. The molecule has 2 aromatic heterocycles. The molecule has 0 bridgehead atoms. The normalized spacial score (nSPS) is 15.3. The lowest BCUT2D eigenvalue weighted by molar-refractivity contribution is 0.101. The van der Waals surface area contributed by atoms with Gasteiger partial charge in [-0.2, -0.15) is 4.31 Å². The predicted molar refractivity (Wildman–Crippen MR) is 111 cm³/mol. The molecular weight excluding hydrogens is 404 g/mol. The molecular formula is C20H22N6O3S. The first-order chi connectivity index (χ1) is 14.4. The number of hydrogen-bond donors (Lipinski definition) is 0. The van der Waals surface area contributed by atoms with Crippen molar-refractivity contribution >= 4 is 21.6 Å². The van der Waals surface area contributed by atoms with E-state index in [1.807, 2.05) is 34.7 Å². The molecule has 0 spiro atoms. The van der Waals surface area contributed by atoms with E-state index in [2.05, 4.69) is 15.2 Å². The summed E-state index contributed by atoms with van der Waals surface area (Å²) in [5, 5.41) is 8.56. The Hall–Kier alpha value is -3.11. The summed E-state index contributed by atoms with van der Waals surface area (Å²) in [6, 6.07) is 9.92. The molecule has 0 amide bonds. The van der Waals surface area contributed by atoms with Crippen LogP contribution in [-0.2, 0) is 10.0 Å². The van der Waals surface area contributed by atoms with Crippen molar-refractivity contribution in [3.05, 3.63) is 60.2 Å². The predicted octanol–water partition coefficient (Wildman–Crippen LogP) is 1.68. The highest BCUT2D eigenvalue weighted by atomic mass is 32.2. The highest BCUT2D eigenvalue weighted by molar-refractivity contribution is 7.89. The molecule has 3 heterocycles. The molecule has 30 heavy (non-hydrogen) atoms. The number of piperazine rings is 1. The molecule has 0 aliphatic carbocycles. The van der Waals surface area contributed by atoms with Crippen LogP contribution in [0.15, 0.2) is 53.7 Å². The van der Waals surface area contributed by atoms with Crippen LogP contribution in [-0.4, -0.2) is 64.4 Å². The molecule has 156 valence electrons. The number of rotatable bonds is 5. The molecule has 1 aromatic carbocycles. The number of carbonyl (C=O) groups is 1. The number of ketones is 1. The zero-order chi connectivity index (χ0) is 21.3. The first kappa shape index (κ1) is 20.2. The van der Waals surface area contributed by atoms with E-state index in [9.17, 15) is 13.2 Å². The van der Waals surface area contributed by atoms with E-state index in [1.165, 1.54) is 23.4 Å². The standard InChI is InChI=1S/C20H22N6O3S/c1-15(27)17-4-3-5-18(14-17)30(28,29)25-12-10-24(11-13-25)19-6-7-20(23-22-19)26-9-8-21-16(26)2/h3-9,14H,10-13H2,1-2H3. The molecule has 0 N–H and O–H groups in total. The van der Waals surface area contributed by atoms with Crippen molar-refractivity contribution in [1.29, 1.82) is 0 Å². The maximum Gasteiger partial charge on any atom is 0.243 e. The van der Waals surface area contributed by atoms with Crippen molar-refractivity contribution in [3.8, 4) is 5.82 Å². The Labute approximate surface area is 175 Å². The van der Waals surface area contributed by atoms with Crippen LogP contribution in [0.3, 0.4) is 0 Å². The monoisotopic (exact) mass is 426 g/mol. The highest BCUT2D eigenvalue weighted by Crippen LogP contribution is 2.21. The summed E-state index contributed by atoms with van der Waals surface area (Å²) in [6.07, 6.45) is 3.53. The third-order valence-electron chi connectivity index (χ3n) is 5.15. The van der Waals surface area contributed by atoms with Crippen molar-refractivity contribution in [3.63, 3.8) is 0 Å². The molecule has 1 aliphatic heterocycles. The maximum absolute atomic E-state index is 13.0. The largest absolute Gasteiger partial charge is 0.352 e. The third-order valence-corrected chi connectivity index (χ3v) is 7.04. The molecule has 0 atom stereocenters. The number of Topliss-reactive ketones (excluding diaryl/α,β-unsaturated/α-hetero) is 1. The fraction of sp³-hybridized carbons (Fsp3) is 0.300. The van der Waals surface area contributed by atoms with Gasteiger partial charge in [-0.15, -0.1) is 10.2 Å². The molecule has 1 fully saturated rings. The number of carbonyl (C=O) groups excluding carboxylic acids is 1. The van der Waals surface area contributed by atoms with Gasteiger partial charge in [0.1, 0.15) is 5.82 Å². The van der Waals surface area contributed by atoms with Crippen molar-refractivity contribution < 1.29 is 13.2 Å². The fourth-order valence-corrected chi connectivity index (χ4v) is 4.89. The van der Waals surface area contributed by atoms with Gasteiger partial charge in [0.25, 0.3) is 0 Å². The van der Waals surface area contributed by atoms with Gasteiger partial charge in [-0.1, -0.05) is 12.1 Å². The minimum absolute atomic E-state index is 0.142. The van der Waals surface area contributed by atoms with E-state index in [1.54, 1.807) is 18.3 Å². The maximum atomic E-state index is 13.0. The number of hydrogen-bond acceptors (Lipinski definition) is 7. The summed E-state index contributed by atoms with van der Waals surface area (Å²) in [4.78, 5) is 17.9. The summed E-state index contributed by atoms with van der Waals surface area (Å²) >= 11 is 0. The van der Waals surface area contributed by atoms with Gasteiger partial charge < -0.3 is 4.90 Å². The van der Waals surface area contributed by atoms with E-state index >= 15 is 0 Å². The summed E-state index contributed by atoms with van der Waals surface area (Å²) in [5.74, 6) is 2.04. The van der Waals surface area contributed by atoms with Crippen LogP contribution in [0.5, 0.6) is 0 Å². The van der Waals surface area contributed by atoms with Crippen LogP contribution in [0.25, 0.3) is 5.82 Å². The van der Waals surface area contributed by atoms with Crippen LogP contribution in [0.1, 0.15) is 23.1 Å². The second kappa shape index (κ2) is 7.96. The van der Waals surface area contributed by atoms with E-state index < -0.39 is 10.0 Å². The van der Waals surface area contributed by atoms with Gasteiger partial charge in [-0.3, -0.25) is 9.36 Å². The molecule has 1 saturated heterocycles. The van der Waals surface area contributed by atoms with Crippen LogP contribution in [0.4, 0.5) is 5.82 Å². The minimum Gasteiger partial charge on any atom is -0.352 e. The van der Waals surface area contributed by atoms with Crippen molar-refractivity contribution in [2.45, 2.75) is 18.7 Å². The Morgan fingerprint density at radius 1 is 1.00 bits per heavy atom. The first-order valence-electron chi connectivity index (χ1n) is 9.56. The van der Waals surface area contributed by atoms with E-state index in [4.69, 9.17) is 0 Å². The molecule has 4 rings (SSSR count). The van der Waals surface area contributed by atoms with Crippen molar-refractivity contribution in [2.75, 3.05) is 31.1 Å². The summed E-state index contributed by atoms with van der Waals surface area (Å²) < 4.78 is 29.2. The lowest BCUT2D eigenvalue weighted by Gasteiger charge is -2.34. The van der Waals surface area contributed by atoms with Crippen molar-refractivity contribution in [1.82, 2.24) is 24.1 Å². The molecule has 9 nitrogen and oxygen atoms in total. The number of benzene rings is 1. The van der Waals surface area contributed by atoms with Crippen LogP contribution >= 0.6 is 0 Å². The quantitative estimate of drug-likeness (QED) is 0.572. The second-order valence-corrected chi connectivity index (χ2v) is 9.01. The molecule has 0 saturated carbocycles. The van der Waals surface area contributed by atoms with Gasteiger partial charge in [0.15, 0.2) is 17.4 Å². The summed E-state index contributed by atoms with van der Waals surface area (Å²) in [5.41, 5.74) is 0.387. The van der Waals surface area contributed by atoms with Crippen LogP contribution < -0.4 is 4.90 Å². The lowest BCUT2D eigenvalue weighted by Crippen LogP contribution is -2.49. The van der Waals surface area contributed by atoms with Gasteiger partial charge in [-0.25, -0.2) is 13.4 Å².